The van der Waals surface area contributed by atoms with E-state index in [1.54, 1.807) is 18.2 Å². The van der Waals surface area contributed by atoms with Crippen LogP contribution in [-0.4, -0.2) is 27.5 Å². The molecule has 0 amide bonds. The monoisotopic (exact) mass is 361 g/mol. The van der Waals surface area contributed by atoms with E-state index in [2.05, 4.69) is 10.4 Å². The van der Waals surface area contributed by atoms with Crippen LogP contribution in [0.15, 0.2) is 29.2 Å². The van der Waals surface area contributed by atoms with Crippen molar-refractivity contribution in [2.45, 2.75) is 19.4 Å². The van der Waals surface area contributed by atoms with Crippen molar-refractivity contribution in [1.29, 1.82) is 0 Å². The zero-order valence-electron chi connectivity index (χ0n) is 11.7. The standard InChI is InChI=1S/C14H14Cl3N3O2/c1-2-8(7-21)19-12-4-3-9(5-10(12)15)20-14(22)13(17)11(16)6-18-20/h3-6,8,19,21H,2,7H2,1H3. The van der Waals surface area contributed by atoms with Crippen LogP contribution in [0.4, 0.5) is 5.69 Å². The summed E-state index contributed by atoms with van der Waals surface area (Å²) in [6.07, 6.45) is 2.05. The first-order chi connectivity index (χ1) is 10.5. The van der Waals surface area contributed by atoms with E-state index in [9.17, 15) is 9.90 Å². The third kappa shape index (κ3) is 3.55. The smallest absolute Gasteiger partial charge is 0.291 e. The van der Waals surface area contributed by atoms with Gasteiger partial charge in [0.1, 0.15) is 5.02 Å². The number of aliphatic hydroxyl groups excluding tert-OH is 1. The Bertz CT molecular complexity index is 730. The van der Waals surface area contributed by atoms with Gasteiger partial charge in [-0.25, -0.2) is 0 Å². The molecule has 1 aromatic heterocycles. The fraction of sp³-hybridized carbons (Fsp3) is 0.286. The molecular weight excluding hydrogens is 349 g/mol. The van der Waals surface area contributed by atoms with Crippen molar-refractivity contribution in [1.82, 2.24) is 9.78 Å². The zero-order chi connectivity index (χ0) is 16.3. The van der Waals surface area contributed by atoms with E-state index in [-0.39, 0.29) is 22.7 Å². The maximum atomic E-state index is 12.0. The van der Waals surface area contributed by atoms with Gasteiger partial charge in [-0.2, -0.15) is 9.78 Å². The number of nitrogens with one attached hydrogen (secondary N) is 1. The quantitative estimate of drug-likeness (QED) is 0.856. The highest BCUT2D eigenvalue weighted by molar-refractivity contribution is 6.41. The Morgan fingerprint density at radius 3 is 2.64 bits per heavy atom. The van der Waals surface area contributed by atoms with Gasteiger partial charge in [-0.05, 0) is 24.6 Å². The molecule has 0 aliphatic rings. The maximum absolute atomic E-state index is 12.0. The minimum atomic E-state index is -0.521. The molecule has 1 aromatic carbocycles. The molecule has 2 rings (SSSR count). The van der Waals surface area contributed by atoms with Crippen LogP contribution in [0.2, 0.25) is 15.1 Å². The number of hydrogen-bond donors (Lipinski definition) is 2. The minimum Gasteiger partial charge on any atom is -0.394 e. The molecule has 0 radical (unpaired) electrons. The number of benzene rings is 1. The van der Waals surface area contributed by atoms with Gasteiger partial charge in [0.15, 0.2) is 0 Å². The molecule has 8 heteroatoms. The van der Waals surface area contributed by atoms with Gasteiger partial charge in [0.05, 0.1) is 34.2 Å². The normalized spacial score (nSPS) is 12.2. The van der Waals surface area contributed by atoms with Crippen molar-refractivity contribution in [2.75, 3.05) is 11.9 Å². The Hall–Kier alpha value is -1.27. The molecule has 1 heterocycles. The van der Waals surface area contributed by atoms with E-state index in [4.69, 9.17) is 34.8 Å². The van der Waals surface area contributed by atoms with E-state index in [0.29, 0.717) is 16.4 Å². The minimum absolute atomic E-state index is 0.00237. The SMILES string of the molecule is CCC(CO)Nc1ccc(-n2ncc(Cl)c(Cl)c2=O)cc1Cl. The summed E-state index contributed by atoms with van der Waals surface area (Å²) in [6, 6.07) is 4.89. The first kappa shape index (κ1) is 17.1. The molecule has 2 aromatic rings. The van der Waals surface area contributed by atoms with Gasteiger partial charge in [-0.3, -0.25) is 4.79 Å². The van der Waals surface area contributed by atoms with Gasteiger partial charge in [-0.15, -0.1) is 0 Å². The Kier molecular flexibility index (Phi) is 5.69. The molecule has 118 valence electrons. The summed E-state index contributed by atoms with van der Waals surface area (Å²) in [5.74, 6) is 0. The van der Waals surface area contributed by atoms with Crippen molar-refractivity contribution in [2.24, 2.45) is 0 Å². The molecular formula is C14H14Cl3N3O2. The number of hydrogen-bond acceptors (Lipinski definition) is 4. The zero-order valence-corrected chi connectivity index (χ0v) is 14.0. The highest BCUT2D eigenvalue weighted by Gasteiger charge is 2.12. The van der Waals surface area contributed by atoms with Gasteiger partial charge in [-0.1, -0.05) is 41.7 Å². The fourth-order valence-electron chi connectivity index (χ4n) is 1.85. The lowest BCUT2D eigenvalue weighted by Crippen LogP contribution is -2.23. The lowest BCUT2D eigenvalue weighted by molar-refractivity contribution is 0.272. The van der Waals surface area contributed by atoms with Gasteiger partial charge < -0.3 is 10.4 Å². The van der Waals surface area contributed by atoms with Crippen LogP contribution in [0.5, 0.6) is 0 Å². The largest absolute Gasteiger partial charge is 0.394 e. The van der Waals surface area contributed by atoms with Gasteiger partial charge in [0, 0.05) is 6.04 Å². The van der Waals surface area contributed by atoms with Gasteiger partial charge in [0.2, 0.25) is 0 Å². The number of rotatable bonds is 5. The lowest BCUT2D eigenvalue weighted by Gasteiger charge is -2.17. The number of aromatic nitrogens is 2. The summed E-state index contributed by atoms with van der Waals surface area (Å²) in [5.41, 5.74) is 0.614. The molecule has 0 saturated heterocycles. The first-order valence-electron chi connectivity index (χ1n) is 6.58. The molecule has 1 unspecified atom stereocenters. The second-order valence-electron chi connectivity index (χ2n) is 4.62. The van der Waals surface area contributed by atoms with Crippen LogP contribution in [0.3, 0.4) is 0 Å². The second-order valence-corrected chi connectivity index (χ2v) is 5.81. The van der Waals surface area contributed by atoms with Crippen LogP contribution < -0.4 is 10.9 Å². The van der Waals surface area contributed by atoms with Crippen LogP contribution in [0.1, 0.15) is 13.3 Å². The topological polar surface area (TPSA) is 67.2 Å². The summed E-state index contributed by atoms with van der Waals surface area (Å²) in [7, 11) is 0. The van der Waals surface area contributed by atoms with E-state index in [1.807, 2.05) is 6.92 Å². The molecule has 0 aliphatic heterocycles. The van der Waals surface area contributed by atoms with Crippen molar-refractivity contribution in [3.8, 4) is 5.69 Å². The Labute approximate surface area is 142 Å². The fourth-order valence-corrected chi connectivity index (χ4v) is 2.33. The van der Waals surface area contributed by atoms with E-state index in [0.717, 1.165) is 11.1 Å². The molecule has 0 bridgehead atoms. The third-order valence-corrected chi connectivity index (χ3v) is 4.21. The number of nitrogens with zero attached hydrogens (tertiary/aromatic N) is 2. The molecule has 1 atom stereocenters. The van der Waals surface area contributed by atoms with Gasteiger partial charge >= 0.3 is 0 Å². The number of halogens is 3. The molecule has 0 fully saturated rings. The van der Waals surface area contributed by atoms with E-state index in [1.165, 1.54) is 6.20 Å². The lowest BCUT2D eigenvalue weighted by atomic mass is 10.2. The van der Waals surface area contributed by atoms with Crippen LogP contribution in [0.25, 0.3) is 5.69 Å². The van der Waals surface area contributed by atoms with Crippen LogP contribution in [0, 0.1) is 0 Å². The highest BCUT2D eigenvalue weighted by Crippen LogP contribution is 2.25. The second kappa shape index (κ2) is 7.33. The third-order valence-electron chi connectivity index (χ3n) is 3.15. The van der Waals surface area contributed by atoms with Crippen LogP contribution >= 0.6 is 34.8 Å². The molecule has 2 N–H and O–H groups in total. The first-order valence-corrected chi connectivity index (χ1v) is 7.72. The predicted octanol–water partition coefficient (Wildman–Crippen LogP) is 3.38. The van der Waals surface area contributed by atoms with Gasteiger partial charge in [0.25, 0.3) is 5.56 Å². The van der Waals surface area contributed by atoms with E-state index >= 15 is 0 Å². The average molecular weight is 363 g/mol. The summed E-state index contributed by atoms with van der Waals surface area (Å²) >= 11 is 17.8. The number of anilines is 1. The average Bonchev–Trinajstić information content (AvgIpc) is 2.52. The molecule has 22 heavy (non-hydrogen) atoms. The predicted molar refractivity (Wildman–Crippen MR) is 89.7 cm³/mol. The molecule has 0 saturated carbocycles. The van der Waals surface area contributed by atoms with Crippen molar-refractivity contribution >= 4 is 40.5 Å². The summed E-state index contributed by atoms with van der Waals surface area (Å²) < 4.78 is 1.12. The van der Waals surface area contributed by atoms with Crippen molar-refractivity contribution in [3.63, 3.8) is 0 Å². The van der Waals surface area contributed by atoms with Crippen LogP contribution in [-0.2, 0) is 0 Å². The highest BCUT2D eigenvalue weighted by atomic mass is 35.5. The molecule has 0 spiro atoms. The Balaban J connectivity index is 2.38. The molecule has 0 aliphatic carbocycles. The molecule has 5 nitrogen and oxygen atoms in total. The maximum Gasteiger partial charge on any atom is 0.291 e. The Morgan fingerprint density at radius 1 is 1.32 bits per heavy atom. The summed E-state index contributed by atoms with van der Waals surface area (Å²) in [6.45, 7) is 1.96. The summed E-state index contributed by atoms with van der Waals surface area (Å²) in [4.78, 5) is 12.0. The van der Waals surface area contributed by atoms with Crippen molar-refractivity contribution < 1.29 is 5.11 Å². The Morgan fingerprint density at radius 2 is 2.05 bits per heavy atom. The summed E-state index contributed by atoms with van der Waals surface area (Å²) in [5, 5.41) is 16.7. The van der Waals surface area contributed by atoms with Crippen molar-refractivity contribution in [3.05, 3.63) is 49.8 Å². The van der Waals surface area contributed by atoms with E-state index < -0.39 is 5.56 Å². The number of aliphatic hydroxyl groups is 1.